The summed E-state index contributed by atoms with van der Waals surface area (Å²) in [6.45, 7) is 15.0. The largest absolute Gasteiger partial charge is 0.489 e. The molecule has 2 unspecified atom stereocenters. The van der Waals surface area contributed by atoms with Crippen LogP contribution >= 0.6 is 0 Å². The molecule has 1 aromatic rings. The predicted molar refractivity (Wildman–Crippen MR) is 90.4 cm³/mol. The smallest absolute Gasteiger partial charge is 0.223 e. The van der Waals surface area contributed by atoms with Gasteiger partial charge in [-0.2, -0.15) is 0 Å². The number of ether oxygens (including phenoxy) is 1. The maximum absolute atomic E-state index is 11.9. The lowest BCUT2D eigenvalue weighted by Crippen LogP contribution is -2.57. The Bertz CT molecular complexity index is 567. The third kappa shape index (κ3) is 2.41. The average Bonchev–Trinajstić information content (AvgIpc) is 2.51. The highest BCUT2D eigenvalue weighted by molar-refractivity contribution is 5.80. The van der Waals surface area contributed by atoms with Crippen molar-refractivity contribution in [3.8, 4) is 5.75 Å². The van der Waals surface area contributed by atoms with E-state index >= 15 is 0 Å². The van der Waals surface area contributed by atoms with Crippen molar-refractivity contribution < 1.29 is 9.53 Å². The summed E-state index contributed by atoms with van der Waals surface area (Å²) in [5.74, 6) is 1.69. The number of carbonyl (C=O) groups is 1. The van der Waals surface area contributed by atoms with E-state index in [4.69, 9.17) is 4.74 Å². The molecule has 0 radical (unpaired) electrons. The predicted octanol–water partition coefficient (Wildman–Crippen LogP) is 3.62. The first-order chi connectivity index (χ1) is 10.2. The fourth-order valence-electron chi connectivity index (χ4n) is 3.86. The fraction of sp³-hybridized carbons (Fsp3) is 0.632. The fourth-order valence-corrected chi connectivity index (χ4v) is 3.86. The summed E-state index contributed by atoms with van der Waals surface area (Å²) in [5.41, 5.74) is 6.41. The van der Waals surface area contributed by atoms with Gasteiger partial charge in [-0.25, -0.2) is 0 Å². The lowest BCUT2D eigenvalue weighted by molar-refractivity contribution is -0.144. The molecule has 1 saturated carbocycles. The number of nitrogens with one attached hydrogen (secondary N) is 1. The van der Waals surface area contributed by atoms with E-state index in [1.54, 1.807) is 7.05 Å². The number of rotatable bonds is 3. The SMILES string of the molecule is CNC(=O)C1C(C)C(Oc2c(C)c(C)c(C)c(C)c2C)C1C. The minimum Gasteiger partial charge on any atom is -0.489 e. The van der Waals surface area contributed by atoms with E-state index < -0.39 is 0 Å². The van der Waals surface area contributed by atoms with Gasteiger partial charge < -0.3 is 10.1 Å². The first-order valence-corrected chi connectivity index (χ1v) is 8.17. The van der Waals surface area contributed by atoms with Crippen molar-refractivity contribution >= 4 is 5.91 Å². The summed E-state index contributed by atoms with van der Waals surface area (Å²) < 4.78 is 6.40. The Morgan fingerprint density at radius 3 is 1.68 bits per heavy atom. The van der Waals surface area contributed by atoms with Crippen LogP contribution in [0.1, 0.15) is 41.7 Å². The molecular formula is C19H29NO2. The van der Waals surface area contributed by atoms with Crippen molar-refractivity contribution in [1.29, 1.82) is 0 Å². The van der Waals surface area contributed by atoms with Crippen LogP contribution in [0, 0.1) is 52.4 Å². The molecule has 1 aromatic carbocycles. The first kappa shape index (κ1) is 16.9. The lowest BCUT2D eigenvalue weighted by atomic mass is 9.63. The molecule has 3 nitrogen and oxygen atoms in total. The summed E-state index contributed by atoms with van der Waals surface area (Å²) >= 11 is 0. The van der Waals surface area contributed by atoms with Gasteiger partial charge >= 0.3 is 0 Å². The van der Waals surface area contributed by atoms with Crippen LogP contribution in [0.4, 0.5) is 0 Å². The molecule has 1 aliphatic carbocycles. The second-order valence-corrected chi connectivity index (χ2v) is 6.89. The van der Waals surface area contributed by atoms with Crippen LogP contribution in [0.2, 0.25) is 0 Å². The van der Waals surface area contributed by atoms with Crippen molar-refractivity contribution in [1.82, 2.24) is 5.32 Å². The molecule has 0 aromatic heterocycles. The molecule has 3 heteroatoms. The lowest BCUT2D eigenvalue weighted by Gasteiger charge is -2.47. The summed E-state index contributed by atoms with van der Waals surface area (Å²) in [6.07, 6.45) is 0.112. The number of hydrogen-bond acceptors (Lipinski definition) is 2. The first-order valence-electron chi connectivity index (χ1n) is 8.17. The van der Waals surface area contributed by atoms with Crippen molar-refractivity contribution in [2.45, 2.75) is 54.6 Å². The van der Waals surface area contributed by atoms with Crippen LogP contribution in [0.15, 0.2) is 0 Å². The van der Waals surface area contributed by atoms with E-state index in [1.807, 2.05) is 0 Å². The van der Waals surface area contributed by atoms with Crippen molar-refractivity contribution in [3.63, 3.8) is 0 Å². The van der Waals surface area contributed by atoms with E-state index in [2.05, 4.69) is 53.8 Å². The molecule has 0 saturated heterocycles. The van der Waals surface area contributed by atoms with Gasteiger partial charge in [0.15, 0.2) is 0 Å². The van der Waals surface area contributed by atoms with Gasteiger partial charge in [0.2, 0.25) is 5.91 Å². The van der Waals surface area contributed by atoms with Crippen molar-refractivity contribution in [2.75, 3.05) is 7.05 Å². The zero-order valence-electron chi connectivity index (χ0n) is 15.1. The van der Waals surface area contributed by atoms with Crippen LogP contribution in [0.3, 0.4) is 0 Å². The van der Waals surface area contributed by atoms with Gasteiger partial charge in [-0.15, -0.1) is 0 Å². The van der Waals surface area contributed by atoms with E-state index in [0.717, 1.165) is 5.75 Å². The molecule has 0 bridgehead atoms. The van der Waals surface area contributed by atoms with E-state index in [9.17, 15) is 4.79 Å². The Kier molecular flexibility index (Phi) is 4.55. The maximum Gasteiger partial charge on any atom is 0.223 e. The highest BCUT2D eigenvalue weighted by Gasteiger charge is 2.50. The molecule has 1 fully saturated rings. The minimum atomic E-state index is 0.0586. The van der Waals surface area contributed by atoms with Gasteiger partial charge in [-0.3, -0.25) is 4.79 Å². The van der Waals surface area contributed by atoms with Gasteiger partial charge in [0, 0.05) is 18.9 Å². The number of hydrogen-bond donors (Lipinski definition) is 1. The van der Waals surface area contributed by atoms with Crippen LogP contribution in [0.5, 0.6) is 5.75 Å². The van der Waals surface area contributed by atoms with Crippen LogP contribution in [-0.4, -0.2) is 19.1 Å². The zero-order chi connectivity index (χ0) is 16.8. The maximum atomic E-state index is 11.9. The molecule has 0 spiro atoms. The molecule has 1 N–H and O–H groups in total. The molecule has 22 heavy (non-hydrogen) atoms. The number of amides is 1. The number of carbonyl (C=O) groups excluding carboxylic acids is 1. The second-order valence-electron chi connectivity index (χ2n) is 6.89. The van der Waals surface area contributed by atoms with Crippen molar-refractivity contribution in [2.24, 2.45) is 17.8 Å². The standard InChI is InChI=1S/C19H29NO2/c1-9-10(2)12(4)17(13(5)11(9)3)22-18-14(6)16(15(18)7)19(21)20-8/h14-16,18H,1-8H3,(H,20,21). The molecular weight excluding hydrogens is 274 g/mol. The molecule has 2 atom stereocenters. The van der Waals surface area contributed by atoms with Gasteiger partial charge in [0.25, 0.3) is 0 Å². The summed E-state index contributed by atoms with van der Waals surface area (Å²) in [6, 6.07) is 0. The Hall–Kier alpha value is -1.51. The second kappa shape index (κ2) is 5.94. The monoisotopic (exact) mass is 303 g/mol. The van der Waals surface area contributed by atoms with E-state index in [-0.39, 0.29) is 29.8 Å². The highest BCUT2D eigenvalue weighted by Crippen LogP contribution is 2.44. The highest BCUT2D eigenvalue weighted by atomic mass is 16.5. The normalized spacial score (nSPS) is 27.3. The quantitative estimate of drug-likeness (QED) is 0.926. The van der Waals surface area contributed by atoms with Gasteiger partial charge in [-0.1, -0.05) is 13.8 Å². The third-order valence-electron chi connectivity index (χ3n) is 5.90. The summed E-state index contributed by atoms with van der Waals surface area (Å²) in [5, 5.41) is 2.77. The molecule has 122 valence electrons. The topological polar surface area (TPSA) is 38.3 Å². The van der Waals surface area contributed by atoms with Crippen molar-refractivity contribution in [3.05, 3.63) is 27.8 Å². The molecule has 0 aliphatic heterocycles. The van der Waals surface area contributed by atoms with Crippen LogP contribution in [0.25, 0.3) is 0 Å². The van der Waals surface area contributed by atoms with Crippen LogP contribution in [-0.2, 0) is 4.79 Å². The Labute approximate surface area is 134 Å². The number of benzene rings is 1. The van der Waals surface area contributed by atoms with Gasteiger partial charge in [0.1, 0.15) is 11.9 Å². The zero-order valence-corrected chi connectivity index (χ0v) is 15.1. The summed E-state index contributed by atoms with van der Waals surface area (Å²) in [7, 11) is 1.71. The molecule has 1 amide bonds. The molecule has 0 heterocycles. The minimum absolute atomic E-state index is 0.0586. The summed E-state index contributed by atoms with van der Waals surface area (Å²) in [4.78, 5) is 11.9. The van der Waals surface area contributed by atoms with E-state index in [0.29, 0.717) is 0 Å². The van der Waals surface area contributed by atoms with Crippen LogP contribution < -0.4 is 10.1 Å². The van der Waals surface area contributed by atoms with Gasteiger partial charge in [0.05, 0.1) is 5.92 Å². The Morgan fingerprint density at radius 2 is 1.27 bits per heavy atom. The van der Waals surface area contributed by atoms with E-state index in [1.165, 1.54) is 27.8 Å². The average molecular weight is 303 g/mol. The molecule has 2 rings (SSSR count). The third-order valence-corrected chi connectivity index (χ3v) is 5.90. The van der Waals surface area contributed by atoms with Gasteiger partial charge in [-0.05, 0) is 62.4 Å². The Morgan fingerprint density at radius 1 is 0.864 bits per heavy atom. The molecule has 1 aliphatic rings. The Balaban J connectivity index is 2.29.